The van der Waals surface area contributed by atoms with Crippen LogP contribution in [0.25, 0.3) is 11.3 Å². The van der Waals surface area contributed by atoms with Crippen LogP contribution in [0, 0.1) is 0 Å². The molecule has 5 nitrogen and oxygen atoms in total. The van der Waals surface area contributed by atoms with Gasteiger partial charge in [0.05, 0.1) is 27.2 Å². The van der Waals surface area contributed by atoms with Gasteiger partial charge in [-0.25, -0.2) is 0 Å². The van der Waals surface area contributed by atoms with Gasteiger partial charge in [-0.2, -0.15) is 0 Å². The number of carbonyl (C=O) groups excluding carboxylic acids is 2. The quantitative estimate of drug-likeness (QED) is 0.505. The lowest BCUT2D eigenvalue weighted by Crippen LogP contribution is -2.28. The summed E-state index contributed by atoms with van der Waals surface area (Å²) in [6.45, 7) is 0.722. The van der Waals surface area contributed by atoms with Crippen LogP contribution in [0.1, 0.15) is 20.7 Å². The van der Waals surface area contributed by atoms with Crippen LogP contribution in [0.2, 0.25) is 10.0 Å². The number of thioether (sulfide) groups is 1. The molecule has 4 rings (SSSR count). The number of pyridine rings is 1. The highest BCUT2D eigenvalue weighted by molar-refractivity contribution is 7.99. The van der Waals surface area contributed by atoms with Gasteiger partial charge in [0, 0.05) is 42.4 Å². The summed E-state index contributed by atoms with van der Waals surface area (Å²) in [5.74, 6) is 1.25. The van der Waals surface area contributed by atoms with Crippen molar-refractivity contribution in [2.24, 2.45) is 0 Å². The van der Waals surface area contributed by atoms with Crippen LogP contribution in [0.4, 0.5) is 5.69 Å². The Balaban J connectivity index is 1.59. The molecular formula is C23H19Cl2N3O2S. The van der Waals surface area contributed by atoms with Gasteiger partial charge in [-0.05, 0) is 48.5 Å². The monoisotopic (exact) mass is 471 g/mol. The fourth-order valence-electron chi connectivity index (χ4n) is 3.32. The largest absolute Gasteiger partial charge is 0.329 e. The van der Waals surface area contributed by atoms with E-state index in [1.54, 1.807) is 60.2 Å². The molecule has 0 N–H and O–H groups in total. The number of anilines is 1. The Morgan fingerprint density at radius 3 is 2.58 bits per heavy atom. The summed E-state index contributed by atoms with van der Waals surface area (Å²) in [7, 11) is 1.67. The van der Waals surface area contributed by atoms with Gasteiger partial charge in [0.25, 0.3) is 11.8 Å². The van der Waals surface area contributed by atoms with E-state index in [0.29, 0.717) is 27.7 Å². The maximum absolute atomic E-state index is 13.1. The predicted octanol–water partition coefficient (Wildman–Crippen LogP) is 5.48. The van der Waals surface area contributed by atoms with Gasteiger partial charge in [0.15, 0.2) is 0 Å². The van der Waals surface area contributed by atoms with Crippen LogP contribution in [0.15, 0.2) is 60.8 Å². The van der Waals surface area contributed by atoms with Crippen LogP contribution >= 0.6 is 35.0 Å². The first kappa shape index (κ1) is 21.7. The van der Waals surface area contributed by atoms with Gasteiger partial charge in [0.1, 0.15) is 0 Å². The Labute approximate surface area is 195 Å². The average molecular weight is 472 g/mol. The van der Waals surface area contributed by atoms with Crippen molar-refractivity contribution in [1.29, 1.82) is 0 Å². The molecule has 2 amide bonds. The van der Waals surface area contributed by atoms with Gasteiger partial charge < -0.3 is 9.80 Å². The first-order valence-electron chi connectivity index (χ1n) is 9.61. The minimum Gasteiger partial charge on any atom is -0.329 e. The topological polar surface area (TPSA) is 53.5 Å². The minimum absolute atomic E-state index is 0.0723. The van der Waals surface area contributed by atoms with Crippen LogP contribution in [-0.4, -0.2) is 46.9 Å². The van der Waals surface area contributed by atoms with Gasteiger partial charge in [-0.3, -0.25) is 14.6 Å². The van der Waals surface area contributed by atoms with Crippen molar-refractivity contribution in [2.75, 3.05) is 30.1 Å². The lowest BCUT2D eigenvalue weighted by atomic mass is 10.1. The summed E-state index contributed by atoms with van der Waals surface area (Å²) in [5.41, 5.74) is 2.91. The third-order valence-electron chi connectivity index (χ3n) is 5.07. The zero-order valence-electron chi connectivity index (χ0n) is 16.7. The summed E-state index contributed by atoms with van der Waals surface area (Å²) < 4.78 is 0. The SMILES string of the molecule is CN(C(=O)c1ccc(C(=O)N2CCSC2)cc1Cl)c1ccc(Cl)c(-c2ccccn2)c1. The highest BCUT2D eigenvalue weighted by atomic mass is 35.5. The van der Waals surface area contributed by atoms with Crippen molar-refractivity contribution in [1.82, 2.24) is 9.88 Å². The Kier molecular flexibility index (Phi) is 6.51. The van der Waals surface area contributed by atoms with Gasteiger partial charge in [0.2, 0.25) is 0 Å². The maximum Gasteiger partial charge on any atom is 0.259 e. The fraction of sp³-hybridized carbons (Fsp3) is 0.174. The Morgan fingerprint density at radius 1 is 1.06 bits per heavy atom. The number of amides is 2. The smallest absolute Gasteiger partial charge is 0.259 e. The number of aromatic nitrogens is 1. The molecule has 8 heteroatoms. The number of benzene rings is 2. The van der Waals surface area contributed by atoms with E-state index in [4.69, 9.17) is 23.2 Å². The van der Waals surface area contributed by atoms with E-state index < -0.39 is 0 Å². The molecule has 158 valence electrons. The van der Waals surface area contributed by atoms with Crippen molar-refractivity contribution < 1.29 is 9.59 Å². The van der Waals surface area contributed by atoms with E-state index in [1.165, 1.54) is 4.90 Å². The molecule has 31 heavy (non-hydrogen) atoms. The zero-order chi connectivity index (χ0) is 22.0. The number of nitrogens with zero attached hydrogens (tertiary/aromatic N) is 3. The normalized spacial score (nSPS) is 13.3. The zero-order valence-corrected chi connectivity index (χ0v) is 19.0. The lowest BCUT2D eigenvalue weighted by Gasteiger charge is -2.20. The highest BCUT2D eigenvalue weighted by Crippen LogP contribution is 2.31. The molecule has 3 aromatic rings. The van der Waals surface area contributed by atoms with E-state index in [0.717, 1.165) is 23.6 Å². The first-order chi connectivity index (χ1) is 15.0. The molecule has 0 saturated carbocycles. The maximum atomic E-state index is 13.1. The molecule has 0 spiro atoms. The second kappa shape index (κ2) is 9.30. The van der Waals surface area contributed by atoms with E-state index >= 15 is 0 Å². The molecule has 0 unspecified atom stereocenters. The number of hydrogen-bond donors (Lipinski definition) is 0. The van der Waals surface area contributed by atoms with Crippen molar-refractivity contribution in [2.45, 2.75) is 0 Å². The van der Waals surface area contributed by atoms with Crippen LogP contribution < -0.4 is 4.90 Å². The van der Waals surface area contributed by atoms with Crippen LogP contribution in [-0.2, 0) is 0 Å². The molecule has 1 saturated heterocycles. The molecule has 1 fully saturated rings. The standard InChI is InChI=1S/C23H19Cl2N3O2S/c1-27(16-6-8-19(24)18(13-16)21-4-2-3-9-26-21)23(30)17-7-5-15(12-20(17)25)22(29)28-10-11-31-14-28/h2-9,12-13H,10-11,14H2,1H3. The second-order valence-electron chi connectivity index (χ2n) is 7.04. The molecule has 1 aromatic heterocycles. The molecular weight excluding hydrogens is 453 g/mol. The molecule has 0 atom stereocenters. The van der Waals surface area contributed by atoms with E-state index in [1.807, 2.05) is 24.3 Å². The van der Waals surface area contributed by atoms with Gasteiger partial charge in [-0.1, -0.05) is 29.3 Å². The third-order valence-corrected chi connectivity index (χ3v) is 6.68. The molecule has 1 aliphatic heterocycles. The number of hydrogen-bond acceptors (Lipinski definition) is 4. The Morgan fingerprint density at radius 2 is 1.90 bits per heavy atom. The summed E-state index contributed by atoms with van der Waals surface area (Å²) in [6.07, 6.45) is 1.69. The fourth-order valence-corrected chi connectivity index (χ4v) is 4.74. The average Bonchev–Trinajstić information content (AvgIpc) is 3.33. The Hall–Kier alpha value is -2.54. The number of carbonyl (C=O) groups is 2. The highest BCUT2D eigenvalue weighted by Gasteiger charge is 2.23. The van der Waals surface area contributed by atoms with E-state index in [-0.39, 0.29) is 16.8 Å². The molecule has 0 bridgehead atoms. The summed E-state index contributed by atoms with van der Waals surface area (Å²) in [5, 5.41) is 0.790. The number of rotatable bonds is 4. The molecule has 1 aliphatic rings. The summed E-state index contributed by atoms with van der Waals surface area (Å²) >= 11 is 14.5. The summed E-state index contributed by atoms with van der Waals surface area (Å²) in [6, 6.07) is 15.7. The lowest BCUT2D eigenvalue weighted by molar-refractivity contribution is 0.0802. The predicted molar refractivity (Wildman–Crippen MR) is 127 cm³/mol. The van der Waals surface area contributed by atoms with Crippen molar-refractivity contribution in [3.05, 3.63) is 82.0 Å². The van der Waals surface area contributed by atoms with Gasteiger partial charge in [-0.15, -0.1) is 11.8 Å². The van der Waals surface area contributed by atoms with Crippen molar-refractivity contribution in [3.63, 3.8) is 0 Å². The third kappa shape index (κ3) is 4.56. The molecule has 0 aliphatic carbocycles. The first-order valence-corrected chi connectivity index (χ1v) is 11.5. The summed E-state index contributed by atoms with van der Waals surface area (Å²) in [4.78, 5) is 33.3. The minimum atomic E-state index is -0.282. The second-order valence-corrected chi connectivity index (χ2v) is 8.93. The number of halogens is 2. The van der Waals surface area contributed by atoms with Crippen LogP contribution in [0.3, 0.4) is 0 Å². The van der Waals surface area contributed by atoms with Crippen LogP contribution in [0.5, 0.6) is 0 Å². The Bertz CT molecular complexity index is 1130. The van der Waals surface area contributed by atoms with E-state index in [2.05, 4.69) is 4.98 Å². The van der Waals surface area contributed by atoms with Crippen molar-refractivity contribution in [3.8, 4) is 11.3 Å². The van der Waals surface area contributed by atoms with Crippen molar-refractivity contribution >= 4 is 52.5 Å². The van der Waals surface area contributed by atoms with Gasteiger partial charge >= 0.3 is 0 Å². The molecule has 0 radical (unpaired) electrons. The van der Waals surface area contributed by atoms with E-state index in [9.17, 15) is 9.59 Å². The molecule has 2 aromatic carbocycles. The molecule has 2 heterocycles.